The van der Waals surface area contributed by atoms with E-state index in [1.165, 1.54) is 18.5 Å². The van der Waals surface area contributed by atoms with Crippen LogP contribution in [-0.4, -0.2) is 67.0 Å². The molecular formula is C24H24ClF4N4O11P. The summed E-state index contributed by atoms with van der Waals surface area (Å²) in [6, 6.07) is 3.07. The van der Waals surface area contributed by atoms with Crippen molar-refractivity contribution >= 4 is 31.1 Å². The number of aromatic nitrogens is 3. The summed E-state index contributed by atoms with van der Waals surface area (Å²) < 4.78 is 80.1. The Bertz CT molecular complexity index is 1710. The topological polar surface area (TPSA) is 209 Å². The van der Waals surface area contributed by atoms with Gasteiger partial charge in [0.15, 0.2) is 18.1 Å². The summed E-state index contributed by atoms with van der Waals surface area (Å²) in [5, 5.41) is 9.76. The molecule has 0 fully saturated rings. The first-order valence-electron chi connectivity index (χ1n) is 12.1. The first-order valence-corrected chi connectivity index (χ1v) is 14.3. The number of carbonyl (C=O) groups excluding carboxylic acids is 1. The van der Waals surface area contributed by atoms with E-state index in [2.05, 4.69) is 10.3 Å². The van der Waals surface area contributed by atoms with Gasteiger partial charge in [0.05, 0.1) is 36.3 Å². The molecule has 0 amide bonds. The second-order valence-corrected chi connectivity index (χ2v) is 10.5. The monoisotopic (exact) mass is 686 g/mol. The van der Waals surface area contributed by atoms with E-state index in [0.717, 1.165) is 19.2 Å². The fourth-order valence-corrected chi connectivity index (χ4v) is 3.81. The van der Waals surface area contributed by atoms with Crippen LogP contribution in [0.2, 0.25) is 5.02 Å². The van der Waals surface area contributed by atoms with Crippen LogP contribution in [0.3, 0.4) is 0 Å². The van der Waals surface area contributed by atoms with Crippen LogP contribution in [0.1, 0.15) is 12.6 Å². The van der Waals surface area contributed by atoms with Gasteiger partial charge in [0.1, 0.15) is 17.3 Å². The average Bonchev–Trinajstić information content (AvgIpc) is 2.91. The lowest BCUT2D eigenvalue weighted by atomic mass is 10.2. The number of rotatable bonds is 11. The Kier molecular flexibility index (Phi) is 12.8. The zero-order chi connectivity index (χ0) is 34.1. The highest BCUT2D eigenvalue weighted by molar-refractivity contribution is 7.51. The number of hydrogen-bond acceptors (Lipinski definition) is 10. The van der Waals surface area contributed by atoms with Gasteiger partial charge in [-0.15, -0.1) is 0 Å². The Morgan fingerprint density at radius 2 is 1.80 bits per heavy atom. The summed E-state index contributed by atoms with van der Waals surface area (Å²) in [6.45, 7) is 0.829. The standard InChI is InChI=1S/C21H16ClF4N3O6.C3H8NO5P/c1-3-33-19(31)10-34-16-9-27-5-4-14(16)35-15-7-13(12(23)6-11(15)22)29-18(30)8-17(21(24,25)26)28(2)20(29)32;5-3(6)1-4-2-10(7,8)9/h4-9H,3,10H2,1-2H3;4H,1-2H2,(H,5,6)(H2,7,8,9). The lowest BCUT2D eigenvalue weighted by molar-refractivity contribution is -0.145. The largest absolute Gasteiger partial charge is 0.480 e. The van der Waals surface area contributed by atoms with Crippen molar-refractivity contribution in [3.63, 3.8) is 0 Å². The van der Waals surface area contributed by atoms with Crippen LogP contribution < -0.4 is 26.0 Å². The van der Waals surface area contributed by atoms with Gasteiger partial charge in [-0.1, -0.05) is 11.6 Å². The van der Waals surface area contributed by atoms with Gasteiger partial charge in [0.25, 0.3) is 5.56 Å². The van der Waals surface area contributed by atoms with Crippen molar-refractivity contribution in [2.45, 2.75) is 13.1 Å². The minimum absolute atomic E-state index is 0.0231. The Balaban J connectivity index is 0.000000607. The number of carbonyl (C=O) groups is 2. The maximum atomic E-state index is 14.7. The highest BCUT2D eigenvalue weighted by Crippen LogP contribution is 2.36. The fraction of sp³-hybridized carbons (Fsp3) is 0.292. The number of nitrogens with zero attached hydrogens (tertiary/aromatic N) is 3. The SMILES string of the molecule is CCOC(=O)COc1cnccc1Oc1cc(-n2c(=O)cc(C(F)(F)F)n(C)c2=O)c(F)cc1Cl.O=C(O)CNCP(=O)(O)O. The number of benzene rings is 1. The molecule has 3 aromatic rings. The fourth-order valence-electron chi connectivity index (χ4n) is 3.21. The number of halogens is 5. The van der Waals surface area contributed by atoms with Crippen molar-refractivity contribution in [2.75, 3.05) is 26.0 Å². The van der Waals surface area contributed by atoms with Gasteiger partial charge in [-0.25, -0.2) is 18.5 Å². The van der Waals surface area contributed by atoms with E-state index in [-0.39, 0.29) is 44.1 Å². The first kappa shape index (κ1) is 36.9. The van der Waals surface area contributed by atoms with Crippen molar-refractivity contribution in [3.8, 4) is 22.9 Å². The maximum Gasteiger partial charge on any atom is 0.431 e. The zero-order valence-electron chi connectivity index (χ0n) is 23.1. The molecule has 2 heterocycles. The number of carboxylic acids is 1. The molecule has 15 nitrogen and oxygen atoms in total. The van der Waals surface area contributed by atoms with Crippen LogP contribution in [0, 0.1) is 5.82 Å². The number of pyridine rings is 1. The Morgan fingerprint density at radius 3 is 2.38 bits per heavy atom. The Hall–Kier alpha value is -4.29. The van der Waals surface area contributed by atoms with Gasteiger partial charge in [-0.2, -0.15) is 13.2 Å². The Morgan fingerprint density at radius 1 is 1.13 bits per heavy atom. The summed E-state index contributed by atoms with van der Waals surface area (Å²) in [7, 11) is -3.31. The van der Waals surface area contributed by atoms with Crippen LogP contribution >= 0.6 is 19.2 Å². The number of alkyl halides is 3. The molecule has 4 N–H and O–H groups in total. The zero-order valence-corrected chi connectivity index (χ0v) is 24.7. The summed E-state index contributed by atoms with van der Waals surface area (Å²) in [5.41, 5.74) is -5.07. The van der Waals surface area contributed by atoms with E-state index in [1.807, 2.05) is 0 Å². The third-order valence-corrected chi connectivity index (χ3v) is 6.00. The van der Waals surface area contributed by atoms with Gasteiger partial charge < -0.3 is 29.1 Å². The number of carboxylic acid groups (broad SMARTS) is 1. The van der Waals surface area contributed by atoms with Gasteiger partial charge in [-0.3, -0.25) is 29.0 Å². The van der Waals surface area contributed by atoms with E-state index < -0.39 is 73.6 Å². The molecule has 0 radical (unpaired) electrons. The summed E-state index contributed by atoms with van der Waals surface area (Å²) >= 11 is 6.04. The molecule has 2 aromatic heterocycles. The lowest BCUT2D eigenvalue weighted by Crippen LogP contribution is -2.41. The summed E-state index contributed by atoms with van der Waals surface area (Å²) in [6.07, 6.45) is -3.07. The molecule has 21 heteroatoms. The quantitative estimate of drug-likeness (QED) is 0.130. The maximum absolute atomic E-state index is 14.7. The third kappa shape index (κ3) is 11.0. The second-order valence-electron chi connectivity index (χ2n) is 8.44. The molecule has 0 aliphatic carbocycles. The minimum atomic E-state index is -4.99. The smallest absolute Gasteiger partial charge is 0.431 e. The highest BCUT2D eigenvalue weighted by atomic mass is 35.5. The molecule has 45 heavy (non-hydrogen) atoms. The minimum Gasteiger partial charge on any atom is -0.480 e. The van der Waals surface area contributed by atoms with E-state index >= 15 is 0 Å². The van der Waals surface area contributed by atoms with Crippen molar-refractivity contribution in [3.05, 3.63) is 74.0 Å². The van der Waals surface area contributed by atoms with E-state index in [1.54, 1.807) is 6.92 Å². The predicted molar refractivity (Wildman–Crippen MR) is 146 cm³/mol. The highest BCUT2D eigenvalue weighted by Gasteiger charge is 2.35. The number of aliphatic carboxylic acids is 1. The number of ether oxygens (including phenoxy) is 3. The Labute approximate surface area is 254 Å². The number of esters is 1. The second kappa shape index (κ2) is 15.6. The predicted octanol–water partition coefficient (Wildman–Crippen LogP) is 2.27. The molecule has 0 unspecified atom stereocenters. The van der Waals surface area contributed by atoms with Crippen molar-refractivity contribution < 1.29 is 60.8 Å². The molecule has 0 saturated carbocycles. The molecule has 3 rings (SSSR count). The van der Waals surface area contributed by atoms with Crippen LogP contribution in [0.25, 0.3) is 5.69 Å². The molecular weight excluding hydrogens is 663 g/mol. The number of nitrogens with one attached hydrogen (secondary N) is 1. The molecule has 0 aliphatic heterocycles. The van der Waals surface area contributed by atoms with Crippen molar-refractivity contribution in [2.24, 2.45) is 7.05 Å². The van der Waals surface area contributed by atoms with Crippen LogP contribution in [0.15, 0.2) is 46.2 Å². The van der Waals surface area contributed by atoms with E-state index in [4.69, 9.17) is 40.7 Å². The third-order valence-electron chi connectivity index (χ3n) is 5.06. The van der Waals surface area contributed by atoms with Crippen molar-refractivity contribution in [1.82, 2.24) is 19.4 Å². The summed E-state index contributed by atoms with van der Waals surface area (Å²) in [4.78, 5) is 66.4. The first-order chi connectivity index (χ1) is 20.9. The van der Waals surface area contributed by atoms with E-state index in [0.29, 0.717) is 0 Å². The normalized spacial score (nSPS) is 11.3. The molecule has 0 bridgehead atoms. The van der Waals surface area contributed by atoms with Crippen LogP contribution in [0.5, 0.6) is 17.2 Å². The number of hydrogen-bond donors (Lipinski definition) is 4. The molecule has 0 atom stereocenters. The van der Waals surface area contributed by atoms with Crippen molar-refractivity contribution in [1.29, 1.82) is 0 Å². The van der Waals surface area contributed by atoms with Gasteiger partial charge in [-0.05, 0) is 13.0 Å². The molecule has 0 spiro atoms. The summed E-state index contributed by atoms with van der Waals surface area (Å²) in [5.74, 6) is -3.31. The molecule has 246 valence electrons. The van der Waals surface area contributed by atoms with Gasteiger partial charge in [0.2, 0.25) is 0 Å². The van der Waals surface area contributed by atoms with Crippen LogP contribution in [-0.2, 0) is 32.1 Å². The molecule has 1 aromatic carbocycles. The van der Waals surface area contributed by atoms with Gasteiger partial charge >= 0.3 is 31.4 Å². The molecule has 0 saturated heterocycles. The molecule has 0 aliphatic rings. The average molecular weight is 687 g/mol. The van der Waals surface area contributed by atoms with Crippen LogP contribution in [0.4, 0.5) is 17.6 Å². The van der Waals surface area contributed by atoms with E-state index in [9.17, 15) is 41.3 Å². The van der Waals surface area contributed by atoms with Gasteiger partial charge in [0, 0.05) is 31.4 Å². The lowest BCUT2D eigenvalue weighted by Gasteiger charge is -2.16.